The van der Waals surface area contributed by atoms with E-state index in [2.05, 4.69) is 5.32 Å². The van der Waals surface area contributed by atoms with Gasteiger partial charge in [-0.2, -0.15) is 0 Å². The van der Waals surface area contributed by atoms with Crippen molar-refractivity contribution in [2.75, 3.05) is 12.3 Å². The molecule has 1 heterocycles. The lowest BCUT2D eigenvalue weighted by molar-refractivity contribution is 0.128. The highest BCUT2D eigenvalue weighted by Gasteiger charge is 2.17. The van der Waals surface area contributed by atoms with Crippen molar-refractivity contribution in [3.8, 4) is 5.75 Å². The topological polar surface area (TPSA) is 73.6 Å². The maximum Gasteiger partial charge on any atom is 0.410 e. The number of hydrogen-bond donors (Lipinski definition) is 2. The third kappa shape index (κ3) is 2.56. The number of benzene rings is 1. The number of rotatable bonds is 2. The number of nitrogen functional groups attached to an aromatic ring is 1. The van der Waals surface area contributed by atoms with Crippen LogP contribution in [-0.2, 0) is 4.74 Å². The molecular weight excluding hydrogens is 232 g/mol. The molecule has 0 saturated carbocycles. The Morgan fingerprint density at radius 3 is 3.06 bits per heavy atom. The fourth-order valence-corrected chi connectivity index (χ4v) is 1.68. The number of hydrogen-bond acceptors (Lipinski definition) is 4. The number of anilines is 1. The van der Waals surface area contributed by atoms with Gasteiger partial charge in [0, 0.05) is 11.3 Å². The van der Waals surface area contributed by atoms with Gasteiger partial charge in [0.1, 0.15) is 5.75 Å². The summed E-state index contributed by atoms with van der Waals surface area (Å²) in [4.78, 5) is 11.3. The molecule has 96 valence electrons. The van der Waals surface area contributed by atoms with Crippen LogP contribution in [0, 0.1) is 6.92 Å². The summed E-state index contributed by atoms with van der Waals surface area (Å²) in [5.41, 5.74) is 8.39. The third-order valence-electron chi connectivity index (χ3n) is 2.64. The molecule has 2 rings (SSSR count). The van der Waals surface area contributed by atoms with Crippen molar-refractivity contribution in [1.29, 1.82) is 0 Å². The zero-order valence-electron chi connectivity index (χ0n) is 10.4. The molecule has 5 heteroatoms. The highest BCUT2D eigenvalue weighted by atomic mass is 16.6. The van der Waals surface area contributed by atoms with Gasteiger partial charge in [-0.3, -0.25) is 5.32 Å². The van der Waals surface area contributed by atoms with Crippen molar-refractivity contribution in [3.63, 3.8) is 0 Å². The number of nitrogens with two attached hydrogens (primary N) is 1. The molecule has 1 aliphatic rings. The Labute approximate surface area is 106 Å². The maximum atomic E-state index is 11.3. The van der Waals surface area contributed by atoms with Gasteiger partial charge >= 0.3 is 6.09 Å². The predicted octanol–water partition coefficient (Wildman–Crippen LogP) is 2.06. The number of carbonyl (C=O) groups is 1. The van der Waals surface area contributed by atoms with E-state index in [1.807, 2.05) is 25.1 Å². The van der Waals surface area contributed by atoms with Crippen molar-refractivity contribution in [3.05, 3.63) is 29.3 Å². The monoisotopic (exact) mass is 248 g/mol. The summed E-state index contributed by atoms with van der Waals surface area (Å²) in [7, 11) is 0. The normalized spacial score (nSPS) is 16.7. The number of amides is 1. The van der Waals surface area contributed by atoms with Gasteiger partial charge in [-0.05, 0) is 43.7 Å². The van der Waals surface area contributed by atoms with Gasteiger partial charge in [0.15, 0.2) is 6.23 Å². The van der Waals surface area contributed by atoms with Crippen molar-refractivity contribution in [2.45, 2.75) is 20.1 Å². The van der Waals surface area contributed by atoms with Crippen LogP contribution in [0.2, 0.25) is 0 Å². The Balaban J connectivity index is 2.11. The van der Waals surface area contributed by atoms with E-state index < -0.39 is 12.3 Å². The van der Waals surface area contributed by atoms with E-state index in [1.165, 1.54) is 0 Å². The van der Waals surface area contributed by atoms with E-state index in [0.29, 0.717) is 12.4 Å². The number of aryl methyl sites for hydroxylation is 1. The summed E-state index contributed by atoms with van der Waals surface area (Å²) >= 11 is 0. The molecule has 1 amide bonds. The van der Waals surface area contributed by atoms with Gasteiger partial charge in [0.2, 0.25) is 0 Å². The molecule has 0 saturated heterocycles. The smallest absolute Gasteiger partial charge is 0.410 e. The van der Waals surface area contributed by atoms with Crippen molar-refractivity contribution >= 4 is 17.9 Å². The van der Waals surface area contributed by atoms with E-state index in [9.17, 15) is 4.79 Å². The lowest BCUT2D eigenvalue weighted by Crippen LogP contribution is -2.39. The second-order valence-corrected chi connectivity index (χ2v) is 4.01. The van der Waals surface area contributed by atoms with Crippen LogP contribution in [0.25, 0.3) is 6.08 Å². The van der Waals surface area contributed by atoms with Gasteiger partial charge in [-0.1, -0.05) is 0 Å². The molecule has 1 aliphatic heterocycles. The van der Waals surface area contributed by atoms with Crippen LogP contribution in [0.15, 0.2) is 18.2 Å². The van der Waals surface area contributed by atoms with Gasteiger partial charge in [0.25, 0.3) is 0 Å². The van der Waals surface area contributed by atoms with Crippen LogP contribution in [-0.4, -0.2) is 18.9 Å². The average molecular weight is 248 g/mol. The van der Waals surface area contributed by atoms with E-state index in [0.717, 1.165) is 16.8 Å². The zero-order chi connectivity index (χ0) is 13.1. The maximum absolute atomic E-state index is 11.3. The van der Waals surface area contributed by atoms with Crippen molar-refractivity contribution in [2.24, 2.45) is 0 Å². The Hall–Kier alpha value is -2.17. The summed E-state index contributed by atoms with van der Waals surface area (Å²) in [5, 5.41) is 2.59. The standard InChI is InChI=1S/C13H16N2O3/c1-3-17-13(16)15-12-5-4-9-7-10(14)8(2)6-11(9)18-12/h4-7,12H,3,14H2,1-2H3,(H,15,16). The van der Waals surface area contributed by atoms with E-state index in [-0.39, 0.29) is 0 Å². The Morgan fingerprint density at radius 2 is 2.33 bits per heavy atom. The fraction of sp³-hybridized carbons (Fsp3) is 0.308. The SMILES string of the molecule is CCOC(=O)NC1C=Cc2cc(N)c(C)cc2O1. The third-order valence-corrected chi connectivity index (χ3v) is 2.64. The second-order valence-electron chi connectivity index (χ2n) is 4.01. The van der Waals surface area contributed by atoms with Crippen LogP contribution in [0.1, 0.15) is 18.1 Å². The molecule has 0 aromatic heterocycles. The van der Waals surface area contributed by atoms with Crippen LogP contribution < -0.4 is 15.8 Å². The molecule has 1 unspecified atom stereocenters. The number of carbonyl (C=O) groups excluding carboxylic acids is 1. The molecule has 0 spiro atoms. The highest BCUT2D eigenvalue weighted by molar-refractivity contribution is 5.70. The Kier molecular flexibility index (Phi) is 3.41. The Morgan fingerprint density at radius 1 is 1.56 bits per heavy atom. The first-order valence-corrected chi connectivity index (χ1v) is 5.78. The first-order valence-electron chi connectivity index (χ1n) is 5.78. The van der Waals surface area contributed by atoms with E-state index >= 15 is 0 Å². The van der Waals surface area contributed by atoms with Crippen molar-refractivity contribution < 1.29 is 14.3 Å². The van der Waals surface area contributed by atoms with Crippen molar-refractivity contribution in [1.82, 2.24) is 5.32 Å². The predicted molar refractivity (Wildman–Crippen MR) is 69.2 cm³/mol. The summed E-state index contributed by atoms with van der Waals surface area (Å²) in [5.74, 6) is 0.700. The Bertz CT molecular complexity index is 497. The molecule has 3 N–H and O–H groups in total. The minimum Gasteiger partial charge on any atom is -0.466 e. The summed E-state index contributed by atoms with van der Waals surface area (Å²) in [6.45, 7) is 3.98. The summed E-state index contributed by atoms with van der Waals surface area (Å²) in [6, 6.07) is 3.70. The number of alkyl carbamates (subject to hydrolysis) is 1. The lowest BCUT2D eigenvalue weighted by atomic mass is 10.1. The molecule has 0 radical (unpaired) electrons. The number of nitrogens with one attached hydrogen (secondary N) is 1. The summed E-state index contributed by atoms with van der Waals surface area (Å²) < 4.78 is 10.4. The van der Waals surface area contributed by atoms with Crippen LogP contribution in [0.5, 0.6) is 5.75 Å². The molecule has 1 aromatic rings. The molecule has 0 aliphatic carbocycles. The highest BCUT2D eigenvalue weighted by Crippen LogP contribution is 2.29. The van der Waals surface area contributed by atoms with Gasteiger partial charge in [0.05, 0.1) is 6.61 Å². The largest absolute Gasteiger partial charge is 0.466 e. The quantitative estimate of drug-likeness (QED) is 0.786. The minimum atomic E-state index is -0.514. The van der Waals surface area contributed by atoms with Crippen LogP contribution in [0.4, 0.5) is 10.5 Å². The fourth-order valence-electron chi connectivity index (χ4n) is 1.68. The minimum absolute atomic E-state index is 0.328. The first kappa shape index (κ1) is 12.3. The molecular formula is C13H16N2O3. The van der Waals surface area contributed by atoms with Gasteiger partial charge in [-0.25, -0.2) is 4.79 Å². The van der Waals surface area contributed by atoms with Crippen LogP contribution >= 0.6 is 0 Å². The van der Waals surface area contributed by atoms with E-state index in [4.69, 9.17) is 15.2 Å². The number of fused-ring (bicyclic) bond motifs is 1. The van der Waals surface area contributed by atoms with Gasteiger partial charge < -0.3 is 15.2 Å². The molecule has 1 aromatic carbocycles. The molecule has 1 atom stereocenters. The van der Waals surface area contributed by atoms with E-state index in [1.54, 1.807) is 13.0 Å². The number of ether oxygens (including phenoxy) is 2. The molecule has 5 nitrogen and oxygen atoms in total. The summed E-state index contributed by atoms with van der Waals surface area (Å²) in [6.07, 6.45) is 2.60. The molecule has 0 bridgehead atoms. The van der Waals surface area contributed by atoms with Crippen LogP contribution in [0.3, 0.4) is 0 Å². The zero-order valence-corrected chi connectivity index (χ0v) is 10.4. The van der Waals surface area contributed by atoms with Gasteiger partial charge in [-0.15, -0.1) is 0 Å². The second kappa shape index (κ2) is 5.00. The molecule has 18 heavy (non-hydrogen) atoms. The molecule has 0 fully saturated rings. The average Bonchev–Trinajstić information content (AvgIpc) is 2.31. The first-order chi connectivity index (χ1) is 8.60. The lowest BCUT2D eigenvalue weighted by Gasteiger charge is -2.22.